The number of sulfonamides is 1. The molecule has 0 spiro atoms. The molecule has 0 saturated carbocycles. The molecule has 0 bridgehead atoms. The topological polar surface area (TPSA) is 102 Å². The van der Waals surface area contributed by atoms with Gasteiger partial charge in [-0.3, -0.25) is 9.52 Å². The molecular formula is C23H17F3N2O5S. The van der Waals surface area contributed by atoms with E-state index in [1.165, 1.54) is 30.3 Å². The molecule has 0 radical (unpaired) electrons. The molecule has 0 heterocycles. The number of amides is 1. The largest absolute Gasteiger partial charge is 0.452 e. The molecule has 11 heteroatoms. The van der Waals surface area contributed by atoms with Gasteiger partial charge in [0, 0.05) is 5.69 Å². The van der Waals surface area contributed by atoms with Crippen molar-refractivity contribution in [2.24, 2.45) is 0 Å². The number of hydrogen-bond acceptors (Lipinski definition) is 5. The lowest BCUT2D eigenvalue weighted by atomic mass is 10.2. The first-order valence-corrected chi connectivity index (χ1v) is 11.2. The first kappa shape index (κ1) is 24.5. The zero-order chi connectivity index (χ0) is 24.7. The maximum Gasteiger partial charge on any atom is 0.338 e. The van der Waals surface area contributed by atoms with E-state index in [1.54, 1.807) is 30.3 Å². The van der Waals surface area contributed by atoms with E-state index in [-0.39, 0.29) is 11.3 Å². The van der Waals surface area contributed by atoms with Crippen LogP contribution in [0.25, 0.3) is 6.08 Å². The van der Waals surface area contributed by atoms with E-state index >= 15 is 0 Å². The van der Waals surface area contributed by atoms with Gasteiger partial charge in [-0.05, 0) is 42.0 Å². The Hall–Kier alpha value is -4.12. The van der Waals surface area contributed by atoms with Gasteiger partial charge in [0.1, 0.15) is 0 Å². The lowest BCUT2D eigenvalue weighted by Crippen LogP contribution is -2.22. The number of hydrogen-bond donors (Lipinski definition) is 2. The maximum atomic E-state index is 13.6. The van der Waals surface area contributed by atoms with Gasteiger partial charge in [-0.15, -0.1) is 0 Å². The van der Waals surface area contributed by atoms with E-state index in [2.05, 4.69) is 4.72 Å². The van der Waals surface area contributed by atoms with Gasteiger partial charge >= 0.3 is 5.97 Å². The molecule has 0 fully saturated rings. The molecule has 7 nitrogen and oxygen atoms in total. The summed E-state index contributed by atoms with van der Waals surface area (Å²) in [5, 5.41) is 2.93. The van der Waals surface area contributed by atoms with Crippen molar-refractivity contribution >= 4 is 39.4 Å². The smallest absolute Gasteiger partial charge is 0.338 e. The molecule has 0 atom stereocenters. The Morgan fingerprint density at radius 2 is 1.65 bits per heavy atom. The van der Waals surface area contributed by atoms with Crippen molar-refractivity contribution in [3.8, 4) is 0 Å². The number of anilines is 2. The minimum atomic E-state index is -3.89. The van der Waals surface area contributed by atoms with Crippen molar-refractivity contribution in [2.75, 3.05) is 16.6 Å². The van der Waals surface area contributed by atoms with E-state index in [0.717, 1.165) is 11.5 Å². The van der Waals surface area contributed by atoms with Crippen LogP contribution in [0.4, 0.5) is 24.5 Å². The van der Waals surface area contributed by atoms with E-state index in [4.69, 9.17) is 4.74 Å². The fraction of sp³-hybridized carbons (Fsp3) is 0.0435. The van der Waals surface area contributed by atoms with Crippen LogP contribution in [0.15, 0.2) is 72.1 Å². The first-order chi connectivity index (χ1) is 16.1. The van der Waals surface area contributed by atoms with E-state index in [0.29, 0.717) is 11.6 Å². The highest BCUT2D eigenvalue weighted by atomic mass is 32.2. The number of ether oxygens (including phenoxy) is 1. The molecule has 0 saturated heterocycles. The highest BCUT2D eigenvalue weighted by Crippen LogP contribution is 2.19. The minimum Gasteiger partial charge on any atom is -0.452 e. The van der Waals surface area contributed by atoms with Gasteiger partial charge in [0.05, 0.1) is 16.7 Å². The minimum absolute atomic E-state index is 0.0699. The lowest BCUT2D eigenvalue weighted by Gasteiger charge is -2.09. The number of rotatable bonds is 8. The Kier molecular flexibility index (Phi) is 7.69. The molecule has 3 rings (SSSR count). The third-order valence-electron chi connectivity index (χ3n) is 4.24. The fourth-order valence-corrected chi connectivity index (χ4v) is 3.52. The SMILES string of the molecule is O=C(COC(=O)c1cccc(NS(=O)(=O)C=Cc2ccccc2)c1)Nc1ccc(F)c(F)c1F. The van der Waals surface area contributed by atoms with Gasteiger partial charge in [0.15, 0.2) is 24.1 Å². The predicted octanol–water partition coefficient (Wildman–Crippen LogP) is 4.31. The summed E-state index contributed by atoms with van der Waals surface area (Å²) in [6.45, 7) is -0.854. The molecule has 0 aliphatic rings. The van der Waals surface area contributed by atoms with Gasteiger partial charge in [-0.25, -0.2) is 26.4 Å². The van der Waals surface area contributed by atoms with Crippen LogP contribution in [0.5, 0.6) is 0 Å². The van der Waals surface area contributed by atoms with Crippen LogP contribution in [0, 0.1) is 17.5 Å². The van der Waals surface area contributed by atoms with Crippen molar-refractivity contribution in [3.63, 3.8) is 0 Å². The van der Waals surface area contributed by atoms with Crippen LogP contribution in [-0.2, 0) is 19.6 Å². The van der Waals surface area contributed by atoms with Gasteiger partial charge in [0.25, 0.3) is 15.9 Å². The Morgan fingerprint density at radius 1 is 0.912 bits per heavy atom. The first-order valence-electron chi connectivity index (χ1n) is 9.61. The van der Waals surface area contributed by atoms with Gasteiger partial charge in [-0.2, -0.15) is 0 Å². The molecule has 34 heavy (non-hydrogen) atoms. The van der Waals surface area contributed by atoms with Crippen molar-refractivity contribution in [1.82, 2.24) is 0 Å². The van der Waals surface area contributed by atoms with Crippen LogP contribution in [0.2, 0.25) is 0 Å². The van der Waals surface area contributed by atoms with E-state index in [1.807, 2.05) is 5.32 Å². The van der Waals surface area contributed by atoms with E-state index in [9.17, 15) is 31.2 Å². The normalized spacial score (nSPS) is 11.3. The summed E-state index contributed by atoms with van der Waals surface area (Å²) in [5.41, 5.74) is 0.0474. The molecule has 0 aromatic heterocycles. The lowest BCUT2D eigenvalue weighted by molar-refractivity contribution is -0.119. The molecule has 1 amide bonds. The van der Waals surface area contributed by atoms with Crippen molar-refractivity contribution in [1.29, 1.82) is 0 Å². The fourth-order valence-electron chi connectivity index (χ4n) is 2.66. The second-order valence-corrected chi connectivity index (χ2v) is 8.35. The number of esters is 1. The molecule has 3 aromatic rings. The summed E-state index contributed by atoms with van der Waals surface area (Å²) in [6, 6.07) is 15.5. The summed E-state index contributed by atoms with van der Waals surface area (Å²) >= 11 is 0. The van der Waals surface area contributed by atoms with Crippen molar-refractivity contribution in [2.45, 2.75) is 0 Å². The van der Waals surface area contributed by atoms with E-state index < -0.39 is 51.6 Å². The number of nitrogens with one attached hydrogen (secondary N) is 2. The maximum absolute atomic E-state index is 13.6. The Balaban J connectivity index is 1.59. The van der Waals surface area contributed by atoms with Crippen LogP contribution < -0.4 is 10.0 Å². The van der Waals surface area contributed by atoms with Crippen LogP contribution in [0.1, 0.15) is 15.9 Å². The summed E-state index contributed by atoms with van der Waals surface area (Å²) in [6.07, 6.45) is 1.40. The van der Waals surface area contributed by atoms with Gasteiger partial charge < -0.3 is 10.1 Å². The zero-order valence-corrected chi connectivity index (χ0v) is 18.1. The van der Waals surface area contributed by atoms with Crippen molar-refractivity contribution < 1.29 is 35.9 Å². The van der Waals surface area contributed by atoms with Crippen LogP contribution in [-0.4, -0.2) is 26.9 Å². The summed E-state index contributed by atoms with van der Waals surface area (Å²) in [4.78, 5) is 24.1. The van der Waals surface area contributed by atoms with Gasteiger partial charge in [0.2, 0.25) is 0 Å². The predicted molar refractivity (Wildman–Crippen MR) is 120 cm³/mol. The molecule has 0 aliphatic heterocycles. The zero-order valence-electron chi connectivity index (χ0n) is 17.3. The highest BCUT2D eigenvalue weighted by molar-refractivity contribution is 7.95. The number of carbonyl (C=O) groups excluding carboxylic acids is 2. The number of benzene rings is 3. The molecule has 2 N–H and O–H groups in total. The average molecular weight is 490 g/mol. The Bertz CT molecular complexity index is 1350. The van der Waals surface area contributed by atoms with Crippen LogP contribution in [0.3, 0.4) is 0 Å². The second kappa shape index (κ2) is 10.7. The molecule has 176 valence electrons. The van der Waals surface area contributed by atoms with Gasteiger partial charge in [-0.1, -0.05) is 36.4 Å². The molecule has 0 unspecified atom stereocenters. The molecular weight excluding hydrogens is 473 g/mol. The van der Waals surface area contributed by atoms with Crippen LogP contribution >= 0.6 is 0 Å². The second-order valence-electron chi connectivity index (χ2n) is 6.79. The monoisotopic (exact) mass is 490 g/mol. The highest BCUT2D eigenvalue weighted by Gasteiger charge is 2.17. The van der Waals surface area contributed by atoms with Crippen molar-refractivity contribution in [3.05, 3.63) is 101 Å². The summed E-state index contributed by atoms with van der Waals surface area (Å²) in [5.74, 6) is -6.75. The third-order valence-corrected chi connectivity index (χ3v) is 5.26. The standard InChI is InChI=1S/C23H17F3N2O5S/c24-18-9-10-19(22(26)21(18)25)27-20(29)14-33-23(30)16-7-4-8-17(13-16)28-34(31,32)12-11-15-5-2-1-3-6-15/h1-13,28H,14H2,(H,27,29). The quantitative estimate of drug-likeness (QED) is 0.362. The number of carbonyl (C=O) groups is 2. The number of halogens is 3. The molecule has 3 aromatic carbocycles. The average Bonchev–Trinajstić information content (AvgIpc) is 2.82. The summed E-state index contributed by atoms with van der Waals surface area (Å²) < 4.78 is 71.4. The summed E-state index contributed by atoms with van der Waals surface area (Å²) in [7, 11) is -3.89. The Morgan fingerprint density at radius 3 is 2.38 bits per heavy atom. The molecule has 0 aliphatic carbocycles. The Labute approximate surface area is 192 Å². The third kappa shape index (κ3) is 6.69.